The summed E-state index contributed by atoms with van der Waals surface area (Å²) in [6, 6.07) is 0. The van der Waals surface area contributed by atoms with Gasteiger partial charge in [0.25, 0.3) is 0 Å². The minimum absolute atomic E-state index is 0.183. The Labute approximate surface area is 91.7 Å². The first-order valence-corrected chi connectivity index (χ1v) is 5.91. The molecule has 0 aromatic rings. The molecule has 0 heterocycles. The Morgan fingerprint density at radius 3 is 2.87 bits per heavy atom. The third-order valence-corrected chi connectivity index (χ3v) is 4.66. The van der Waals surface area contributed by atoms with Crippen LogP contribution >= 0.6 is 0 Å². The fourth-order valence-corrected chi connectivity index (χ4v) is 3.57. The molecule has 0 spiro atoms. The van der Waals surface area contributed by atoms with E-state index in [9.17, 15) is 4.79 Å². The van der Waals surface area contributed by atoms with Crippen molar-refractivity contribution in [3.8, 4) is 0 Å². The Morgan fingerprint density at radius 2 is 2.33 bits per heavy atom. The van der Waals surface area contributed by atoms with Gasteiger partial charge in [0.1, 0.15) is 5.60 Å². The summed E-state index contributed by atoms with van der Waals surface area (Å²) in [5.74, 6) is 0.518. The molecule has 2 nitrogen and oxygen atoms in total. The minimum atomic E-state index is -0.253. The topological polar surface area (TPSA) is 26.3 Å². The van der Waals surface area contributed by atoms with Crippen molar-refractivity contribution in [3.63, 3.8) is 0 Å². The molecule has 0 saturated heterocycles. The van der Waals surface area contributed by atoms with Gasteiger partial charge in [-0.15, -0.1) is 0 Å². The van der Waals surface area contributed by atoms with Crippen LogP contribution in [-0.2, 0) is 9.53 Å². The van der Waals surface area contributed by atoms with Crippen molar-refractivity contribution in [2.75, 3.05) is 0 Å². The SMILES string of the molecule is C=CC(=O)OC12CCC(CC1(C)CC)C2. The number of rotatable bonds is 3. The molecule has 2 rings (SSSR count). The molecule has 0 aromatic carbocycles. The highest BCUT2D eigenvalue weighted by atomic mass is 16.6. The van der Waals surface area contributed by atoms with E-state index in [1.165, 1.54) is 18.9 Å². The second-order valence-electron chi connectivity index (χ2n) is 5.35. The van der Waals surface area contributed by atoms with Crippen LogP contribution in [0.15, 0.2) is 12.7 Å². The summed E-state index contributed by atoms with van der Waals surface area (Å²) in [6.45, 7) is 7.95. The van der Waals surface area contributed by atoms with Crippen molar-refractivity contribution in [2.45, 2.75) is 51.6 Å². The van der Waals surface area contributed by atoms with Gasteiger partial charge >= 0.3 is 5.97 Å². The fraction of sp³-hybridized carbons (Fsp3) is 0.769. The van der Waals surface area contributed by atoms with Gasteiger partial charge in [0.2, 0.25) is 0 Å². The summed E-state index contributed by atoms with van der Waals surface area (Å²) in [7, 11) is 0. The molecule has 3 atom stereocenters. The quantitative estimate of drug-likeness (QED) is 0.526. The highest BCUT2D eigenvalue weighted by Crippen LogP contribution is 2.61. The van der Waals surface area contributed by atoms with Gasteiger partial charge in [-0.25, -0.2) is 4.79 Å². The number of carbonyl (C=O) groups is 1. The molecule has 84 valence electrons. The lowest BCUT2D eigenvalue weighted by Gasteiger charge is -2.43. The van der Waals surface area contributed by atoms with E-state index in [0.29, 0.717) is 0 Å². The van der Waals surface area contributed by atoms with Crippen LogP contribution in [0.25, 0.3) is 0 Å². The lowest BCUT2D eigenvalue weighted by molar-refractivity contribution is -0.166. The smallest absolute Gasteiger partial charge is 0.330 e. The highest BCUT2D eigenvalue weighted by molar-refractivity contribution is 5.81. The molecule has 0 amide bonds. The molecule has 15 heavy (non-hydrogen) atoms. The first-order chi connectivity index (χ1) is 7.05. The molecular weight excluding hydrogens is 188 g/mol. The Bertz CT molecular complexity index is 297. The Kier molecular flexibility index (Phi) is 2.40. The average Bonchev–Trinajstić information content (AvgIpc) is 2.73. The van der Waals surface area contributed by atoms with E-state index in [2.05, 4.69) is 20.4 Å². The van der Waals surface area contributed by atoms with E-state index in [1.807, 2.05) is 0 Å². The first kappa shape index (κ1) is 10.7. The molecule has 0 radical (unpaired) electrons. The molecular formula is C13H20O2. The van der Waals surface area contributed by atoms with Crippen molar-refractivity contribution in [1.82, 2.24) is 0 Å². The second kappa shape index (κ2) is 3.36. The van der Waals surface area contributed by atoms with E-state index < -0.39 is 0 Å². The van der Waals surface area contributed by atoms with Crippen LogP contribution in [0.1, 0.15) is 46.0 Å². The summed E-state index contributed by atoms with van der Waals surface area (Å²) in [4.78, 5) is 11.4. The number of hydrogen-bond acceptors (Lipinski definition) is 2. The van der Waals surface area contributed by atoms with Gasteiger partial charge in [0, 0.05) is 11.5 Å². The zero-order valence-corrected chi connectivity index (χ0v) is 9.71. The van der Waals surface area contributed by atoms with E-state index in [-0.39, 0.29) is 17.0 Å². The van der Waals surface area contributed by atoms with Crippen LogP contribution in [0.2, 0.25) is 0 Å². The van der Waals surface area contributed by atoms with Crippen molar-refractivity contribution in [2.24, 2.45) is 11.3 Å². The number of hydrogen-bond donors (Lipinski definition) is 0. The maximum absolute atomic E-state index is 11.4. The van der Waals surface area contributed by atoms with Gasteiger partial charge in [-0.3, -0.25) is 0 Å². The molecule has 2 bridgehead atoms. The minimum Gasteiger partial charge on any atom is -0.455 e. The van der Waals surface area contributed by atoms with Crippen LogP contribution in [-0.4, -0.2) is 11.6 Å². The Hall–Kier alpha value is -0.790. The number of fused-ring (bicyclic) bond motifs is 2. The second-order valence-corrected chi connectivity index (χ2v) is 5.35. The summed E-state index contributed by atoms with van der Waals surface area (Å²) in [5, 5.41) is 0. The van der Waals surface area contributed by atoms with Crippen molar-refractivity contribution in [3.05, 3.63) is 12.7 Å². The zero-order chi connectivity index (χ0) is 11.1. The van der Waals surface area contributed by atoms with Gasteiger partial charge in [-0.1, -0.05) is 20.4 Å². The highest BCUT2D eigenvalue weighted by Gasteiger charge is 2.60. The number of ether oxygens (including phenoxy) is 1. The lowest BCUT2D eigenvalue weighted by Crippen LogP contribution is -2.45. The zero-order valence-electron chi connectivity index (χ0n) is 9.71. The van der Waals surface area contributed by atoms with Gasteiger partial charge in [0.15, 0.2) is 0 Å². The Balaban J connectivity index is 2.23. The maximum Gasteiger partial charge on any atom is 0.330 e. The van der Waals surface area contributed by atoms with Crippen LogP contribution in [0.5, 0.6) is 0 Å². The van der Waals surface area contributed by atoms with E-state index in [4.69, 9.17) is 4.74 Å². The monoisotopic (exact) mass is 208 g/mol. The lowest BCUT2D eigenvalue weighted by atomic mass is 9.70. The molecule has 3 unspecified atom stereocenters. The molecule has 2 aliphatic carbocycles. The van der Waals surface area contributed by atoms with E-state index >= 15 is 0 Å². The van der Waals surface area contributed by atoms with Gasteiger partial charge in [0.05, 0.1) is 0 Å². The first-order valence-electron chi connectivity index (χ1n) is 5.91. The molecule has 2 heteroatoms. The summed E-state index contributed by atoms with van der Waals surface area (Å²) in [5.41, 5.74) is 0.00623. The largest absolute Gasteiger partial charge is 0.455 e. The molecule has 0 N–H and O–H groups in total. The Morgan fingerprint density at radius 1 is 1.60 bits per heavy atom. The molecule has 2 aliphatic rings. The van der Waals surface area contributed by atoms with E-state index in [0.717, 1.165) is 25.2 Å². The normalized spacial score (nSPS) is 42.9. The van der Waals surface area contributed by atoms with Crippen molar-refractivity contribution in [1.29, 1.82) is 0 Å². The standard InChI is InChI=1S/C13H20O2/c1-4-11(14)15-13-7-6-10(9-13)8-12(13,3)5-2/h4,10H,1,5-9H2,2-3H3. The van der Waals surface area contributed by atoms with Crippen molar-refractivity contribution >= 4 is 5.97 Å². The van der Waals surface area contributed by atoms with E-state index in [1.54, 1.807) is 0 Å². The molecule has 2 saturated carbocycles. The summed E-state index contributed by atoms with van der Waals surface area (Å²) < 4.78 is 5.69. The van der Waals surface area contributed by atoms with Crippen LogP contribution in [0.3, 0.4) is 0 Å². The number of esters is 1. The van der Waals surface area contributed by atoms with Gasteiger partial charge in [-0.05, 0) is 38.0 Å². The number of carbonyl (C=O) groups excluding carboxylic acids is 1. The third kappa shape index (κ3) is 1.42. The summed E-state index contributed by atoms with van der Waals surface area (Å²) in [6.07, 6.45) is 6.93. The van der Waals surface area contributed by atoms with Gasteiger partial charge < -0.3 is 4.74 Å². The average molecular weight is 208 g/mol. The van der Waals surface area contributed by atoms with Crippen molar-refractivity contribution < 1.29 is 9.53 Å². The van der Waals surface area contributed by atoms with Crippen LogP contribution in [0.4, 0.5) is 0 Å². The maximum atomic E-state index is 11.4. The third-order valence-electron chi connectivity index (χ3n) is 4.66. The fourth-order valence-electron chi connectivity index (χ4n) is 3.57. The van der Waals surface area contributed by atoms with Crippen LogP contribution < -0.4 is 0 Å². The predicted molar refractivity (Wildman–Crippen MR) is 59.4 cm³/mol. The molecule has 0 aliphatic heterocycles. The molecule has 0 aromatic heterocycles. The van der Waals surface area contributed by atoms with Crippen LogP contribution in [0, 0.1) is 11.3 Å². The molecule has 2 fully saturated rings. The predicted octanol–water partition coefficient (Wildman–Crippen LogP) is 3.07. The summed E-state index contributed by atoms with van der Waals surface area (Å²) >= 11 is 0. The van der Waals surface area contributed by atoms with Gasteiger partial charge in [-0.2, -0.15) is 0 Å².